The molecule has 0 spiro atoms. The standard InChI is InChI=1S/C31H26N4O5/c1-34-29-28(30(38)35(2)31(34)39)32-27(33-29)17-40-23-11-3-18(4-12-23)15-26-24(19-5-8-21(36)9-6-19)13-7-20-16-22(37)10-14-25(20)26/h3-14,16,36-37H,15,17H2,1-2H3,(H,32,33). The molecule has 6 rings (SSSR count). The number of H-pyrrole nitrogens is 1. The summed E-state index contributed by atoms with van der Waals surface area (Å²) in [5.41, 5.74) is 3.87. The monoisotopic (exact) mass is 534 g/mol. The van der Waals surface area contributed by atoms with Gasteiger partial charge in [0.1, 0.15) is 35.2 Å². The van der Waals surface area contributed by atoms with E-state index in [2.05, 4.69) is 9.97 Å². The number of imidazole rings is 1. The first kappa shape index (κ1) is 25.0. The van der Waals surface area contributed by atoms with Crippen molar-refractivity contribution in [2.45, 2.75) is 13.0 Å². The number of rotatable bonds is 6. The molecule has 0 atom stereocenters. The van der Waals surface area contributed by atoms with Crippen molar-refractivity contribution in [3.63, 3.8) is 0 Å². The molecule has 0 amide bonds. The van der Waals surface area contributed by atoms with Gasteiger partial charge in [0, 0.05) is 14.1 Å². The molecule has 0 aliphatic rings. The predicted octanol–water partition coefficient (Wildman–Crippen LogP) is 4.36. The smallest absolute Gasteiger partial charge is 0.332 e. The molecule has 0 aliphatic carbocycles. The molecule has 0 unspecified atom stereocenters. The van der Waals surface area contributed by atoms with Crippen molar-refractivity contribution in [3.8, 4) is 28.4 Å². The van der Waals surface area contributed by atoms with Gasteiger partial charge in [-0.05, 0) is 75.8 Å². The molecular weight excluding hydrogens is 508 g/mol. The first-order chi connectivity index (χ1) is 19.3. The highest BCUT2D eigenvalue weighted by Crippen LogP contribution is 2.34. The lowest BCUT2D eigenvalue weighted by Gasteiger charge is -2.15. The second-order valence-electron chi connectivity index (χ2n) is 9.74. The van der Waals surface area contributed by atoms with Gasteiger partial charge >= 0.3 is 5.69 Å². The predicted molar refractivity (Wildman–Crippen MR) is 153 cm³/mol. The van der Waals surface area contributed by atoms with Gasteiger partial charge in [-0.1, -0.05) is 42.5 Å². The Hall–Kier alpha value is -5.31. The number of nitrogens with one attached hydrogen (secondary N) is 1. The van der Waals surface area contributed by atoms with Crippen LogP contribution in [0.4, 0.5) is 0 Å². The SMILES string of the molecule is Cn1c(=O)c2[nH]c(COc3ccc(Cc4c(-c5ccc(O)cc5)ccc5cc(O)ccc45)cc3)nc2n(C)c1=O. The van der Waals surface area contributed by atoms with Crippen LogP contribution in [-0.2, 0) is 27.1 Å². The van der Waals surface area contributed by atoms with Gasteiger partial charge in [-0.15, -0.1) is 0 Å². The Kier molecular flexibility index (Phi) is 6.11. The number of hydrogen-bond donors (Lipinski definition) is 3. The van der Waals surface area contributed by atoms with Crippen LogP contribution in [0, 0.1) is 0 Å². The van der Waals surface area contributed by atoms with Crippen LogP contribution in [0.1, 0.15) is 17.0 Å². The number of aromatic hydroxyl groups is 2. The number of fused-ring (bicyclic) bond motifs is 2. The summed E-state index contributed by atoms with van der Waals surface area (Å²) in [6.45, 7) is 0.100. The van der Waals surface area contributed by atoms with Gasteiger partial charge in [0.2, 0.25) is 0 Å². The lowest BCUT2D eigenvalue weighted by atomic mass is 9.90. The summed E-state index contributed by atoms with van der Waals surface area (Å²) in [4.78, 5) is 31.9. The molecule has 0 saturated heterocycles. The van der Waals surface area contributed by atoms with Crippen molar-refractivity contribution in [3.05, 3.63) is 117 Å². The van der Waals surface area contributed by atoms with Crippen LogP contribution in [0.25, 0.3) is 33.1 Å². The van der Waals surface area contributed by atoms with Crippen LogP contribution in [0.3, 0.4) is 0 Å². The van der Waals surface area contributed by atoms with Gasteiger partial charge < -0.3 is 19.9 Å². The maximum Gasteiger partial charge on any atom is 0.332 e. The summed E-state index contributed by atoms with van der Waals surface area (Å²) in [6.07, 6.45) is 0.638. The van der Waals surface area contributed by atoms with Crippen LogP contribution >= 0.6 is 0 Å². The maximum absolute atomic E-state index is 12.4. The Morgan fingerprint density at radius 1 is 0.850 bits per heavy atom. The Labute approximate surface area is 228 Å². The summed E-state index contributed by atoms with van der Waals surface area (Å²) >= 11 is 0. The van der Waals surface area contributed by atoms with E-state index in [1.165, 1.54) is 11.6 Å². The molecular formula is C31H26N4O5. The Morgan fingerprint density at radius 2 is 1.57 bits per heavy atom. The Balaban J connectivity index is 1.26. The van der Waals surface area contributed by atoms with E-state index in [0.717, 1.165) is 37.6 Å². The van der Waals surface area contributed by atoms with Gasteiger partial charge in [0.25, 0.3) is 5.56 Å². The molecule has 2 aromatic heterocycles. The molecule has 0 bridgehead atoms. The number of aromatic nitrogens is 4. The largest absolute Gasteiger partial charge is 0.508 e. The quantitative estimate of drug-likeness (QED) is 0.292. The van der Waals surface area contributed by atoms with Crippen LogP contribution in [0.5, 0.6) is 17.2 Å². The third-order valence-electron chi connectivity index (χ3n) is 7.12. The molecule has 4 aromatic carbocycles. The fourth-order valence-corrected chi connectivity index (χ4v) is 4.99. The van der Waals surface area contributed by atoms with Crippen LogP contribution < -0.4 is 16.0 Å². The first-order valence-electron chi connectivity index (χ1n) is 12.7. The first-order valence-corrected chi connectivity index (χ1v) is 12.7. The highest BCUT2D eigenvalue weighted by molar-refractivity contribution is 5.93. The number of aromatic amines is 1. The number of phenolic OH excluding ortho intramolecular Hbond substituents is 2. The van der Waals surface area contributed by atoms with E-state index in [0.29, 0.717) is 18.0 Å². The summed E-state index contributed by atoms with van der Waals surface area (Å²) < 4.78 is 8.28. The lowest BCUT2D eigenvalue weighted by Crippen LogP contribution is -2.36. The second kappa shape index (κ2) is 9.77. The van der Waals surface area contributed by atoms with Crippen molar-refractivity contribution in [1.82, 2.24) is 19.1 Å². The van der Waals surface area contributed by atoms with Crippen molar-refractivity contribution in [1.29, 1.82) is 0 Å². The minimum Gasteiger partial charge on any atom is -0.508 e. The molecule has 9 nitrogen and oxygen atoms in total. The number of nitrogens with zero attached hydrogens (tertiary/aromatic N) is 3. The zero-order chi connectivity index (χ0) is 28.0. The van der Waals surface area contributed by atoms with Crippen molar-refractivity contribution in [2.75, 3.05) is 0 Å². The molecule has 0 radical (unpaired) electrons. The third-order valence-corrected chi connectivity index (χ3v) is 7.12. The minimum absolute atomic E-state index is 0.100. The van der Waals surface area contributed by atoms with Gasteiger partial charge in [-0.2, -0.15) is 0 Å². The van der Waals surface area contributed by atoms with Crippen LogP contribution in [-0.4, -0.2) is 29.3 Å². The average molecular weight is 535 g/mol. The van der Waals surface area contributed by atoms with E-state index in [-0.39, 0.29) is 29.3 Å². The summed E-state index contributed by atoms with van der Waals surface area (Å²) in [6, 6.07) is 24.3. The molecule has 0 aliphatic heterocycles. The number of aryl methyl sites for hydroxylation is 1. The summed E-state index contributed by atoms with van der Waals surface area (Å²) in [7, 11) is 3.00. The van der Waals surface area contributed by atoms with Crippen molar-refractivity contribution >= 4 is 21.9 Å². The van der Waals surface area contributed by atoms with Crippen molar-refractivity contribution in [2.24, 2.45) is 14.1 Å². The van der Waals surface area contributed by atoms with Crippen molar-refractivity contribution < 1.29 is 14.9 Å². The lowest BCUT2D eigenvalue weighted by molar-refractivity contribution is 0.297. The molecule has 3 N–H and O–H groups in total. The topological polar surface area (TPSA) is 122 Å². The van der Waals surface area contributed by atoms with Crippen LogP contribution in [0.2, 0.25) is 0 Å². The van der Waals surface area contributed by atoms with Gasteiger partial charge in [0.15, 0.2) is 5.65 Å². The highest BCUT2D eigenvalue weighted by atomic mass is 16.5. The van der Waals surface area contributed by atoms with E-state index < -0.39 is 11.2 Å². The number of benzene rings is 4. The van der Waals surface area contributed by atoms with Gasteiger partial charge in [-0.3, -0.25) is 13.9 Å². The highest BCUT2D eigenvalue weighted by Gasteiger charge is 2.15. The van der Waals surface area contributed by atoms with E-state index in [1.807, 2.05) is 54.6 Å². The molecule has 0 fully saturated rings. The van der Waals surface area contributed by atoms with Gasteiger partial charge in [0.05, 0.1) is 0 Å². The molecule has 2 heterocycles. The van der Waals surface area contributed by atoms with Crippen LogP contribution in [0.15, 0.2) is 88.5 Å². The third kappa shape index (κ3) is 4.47. The molecule has 200 valence electrons. The Bertz CT molecular complexity index is 2000. The summed E-state index contributed by atoms with van der Waals surface area (Å²) in [5.74, 6) is 1.49. The molecule has 0 saturated carbocycles. The van der Waals surface area contributed by atoms with E-state index >= 15 is 0 Å². The summed E-state index contributed by atoms with van der Waals surface area (Å²) in [5, 5.41) is 21.7. The van der Waals surface area contributed by atoms with E-state index in [1.54, 1.807) is 31.3 Å². The molecule has 6 aromatic rings. The fourth-order valence-electron chi connectivity index (χ4n) is 4.99. The van der Waals surface area contributed by atoms with E-state index in [4.69, 9.17) is 4.74 Å². The number of ether oxygens (including phenoxy) is 1. The average Bonchev–Trinajstić information content (AvgIpc) is 3.40. The Morgan fingerprint density at radius 3 is 2.33 bits per heavy atom. The maximum atomic E-state index is 12.4. The normalized spacial score (nSPS) is 11.3. The molecule has 40 heavy (non-hydrogen) atoms. The zero-order valence-corrected chi connectivity index (χ0v) is 21.9. The fraction of sp³-hybridized carbons (Fsp3) is 0.129. The number of hydrogen-bond acceptors (Lipinski definition) is 6. The van der Waals surface area contributed by atoms with E-state index in [9.17, 15) is 19.8 Å². The zero-order valence-electron chi connectivity index (χ0n) is 21.9. The van der Waals surface area contributed by atoms with Gasteiger partial charge in [-0.25, -0.2) is 9.78 Å². The minimum atomic E-state index is -0.441. The molecule has 9 heteroatoms. The second-order valence-corrected chi connectivity index (χ2v) is 9.74. The number of phenols is 2.